The van der Waals surface area contributed by atoms with Crippen molar-refractivity contribution in [3.63, 3.8) is 0 Å². The van der Waals surface area contributed by atoms with E-state index >= 15 is 0 Å². The van der Waals surface area contributed by atoms with Gasteiger partial charge in [-0.15, -0.1) is 0 Å². The number of halogens is 1. The maximum absolute atomic E-state index is 9.26. The first-order valence-corrected chi connectivity index (χ1v) is 6.41. The zero-order valence-corrected chi connectivity index (χ0v) is 11.8. The third-order valence-corrected chi connectivity index (χ3v) is 3.29. The average molecular weight is 260 g/mol. The molecule has 0 radical (unpaired) electrons. The van der Waals surface area contributed by atoms with E-state index in [2.05, 4.69) is 16.9 Å². The minimum Gasteiger partial charge on any atom is -0.393 e. The molecule has 0 bridgehead atoms. The van der Waals surface area contributed by atoms with Crippen molar-refractivity contribution in [2.45, 2.75) is 46.4 Å². The predicted octanol–water partition coefficient (Wildman–Crippen LogP) is 2.07. The Morgan fingerprint density at radius 3 is 2.71 bits per heavy atom. The first kappa shape index (κ1) is 14.5. The van der Waals surface area contributed by atoms with Gasteiger partial charge in [-0.1, -0.05) is 11.6 Å². The molecule has 98 valence electrons. The molecule has 1 aromatic heterocycles. The van der Waals surface area contributed by atoms with E-state index in [0.29, 0.717) is 0 Å². The fourth-order valence-electron chi connectivity index (χ4n) is 1.76. The van der Waals surface area contributed by atoms with E-state index < -0.39 is 0 Å². The first-order chi connectivity index (χ1) is 7.95. The summed E-state index contributed by atoms with van der Waals surface area (Å²) in [6, 6.07) is 0. The molecule has 0 amide bonds. The molecule has 0 aliphatic rings. The first-order valence-electron chi connectivity index (χ1n) is 6.04. The number of aliphatic hydroxyl groups excluding tert-OH is 1. The second kappa shape index (κ2) is 6.38. The summed E-state index contributed by atoms with van der Waals surface area (Å²) < 4.78 is 1.94. The van der Waals surface area contributed by atoms with Gasteiger partial charge in [-0.25, -0.2) is 0 Å². The minimum absolute atomic E-state index is 0.259. The molecule has 0 aliphatic carbocycles. The van der Waals surface area contributed by atoms with Crippen LogP contribution in [0.25, 0.3) is 0 Å². The summed E-state index contributed by atoms with van der Waals surface area (Å²) >= 11 is 6.24. The molecule has 0 aliphatic heterocycles. The molecular formula is C12H22ClN3O. The molecule has 17 heavy (non-hydrogen) atoms. The van der Waals surface area contributed by atoms with Crippen molar-refractivity contribution in [1.29, 1.82) is 0 Å². The number of aryl methyl sites for hydroxylation is 2. The highest BCUT2D eigenvalue weighted by Crippen LogP contribution is 2.21. The lowest BCUT2D eigenvalue weighted by Crippen LogP contribution is -2.23. The Kier molecular flexibility index (Phi) is 5.43. The Bertz CT molecular complexity index is 363. The lowest BCUT2D eigenvalue weighted by molar-refractivity contribution is 0.162. The van der Waals surface area contributed by atoms with Crippen LogP contribution in [0.3, 0.4) is 0 Å². The van der Waals surface area contributed by atoms with E-state index in [-0.39, 0.29) is 6.10 Å². The predicted molar refractivity (Wildman–Crippen MR) is 70.3 cm³/mol. The van der Waals surface area contributed by atoms with E-state index in [0.717, 1.165) is 42.5 Å². The normalized spacial score (nSPS) is 13.4. The topological polar surface area (TPSA) is 41.3 Å². The standard InChI is InChI=1S/C12H22ClN3O/c1-5-16-11(12(13)10(3)14-16)8-15(4)7-6-9(2)17/h9,17H,5-8H2,1-4H3. The largest absolute Gasteiger partial charge is 0.393 e. The van der Waals surface area contributed by atoms with Crippen molar-refractivity contribution in [2.24, 2.45) is 0 Å². The lowest BCUT2D eigenvalue weighted by atomic mass is 10.2. The van der Waals surface area contributed by atoms with Gasteiger partial charge in [-0.3, -0.25) is 4.68 Å². The quantitative estimate of drug-likeness (QED) is 0.850. The van der Waals surface area contributed by atoms with Gasteiger partial charge in [-0.05, 0) is 34.2 Å². The Labute approximate surface area is 108 Å². The second-order valence-electron chi connectivity index (χ2n) is 4.54. The molecule has 0 saturated carbocycles. The summed E-state index contributed by atoms with van der Waals surface area (Å²) in [4.78, 5) is 2.15. The van der Waals surface area contributed by atoms with Crippen molar-refractivity contribution in [2.75, 3.05) is 13.6 Å². The van der Waals surface area contributed by atoms with Crippen LogP contribution in [0.2, 0.25) is 5.02 Å². The Hall–Kier alpha value is -0.580. The molecule has 1 rings (SSSR count). The van der Waals surface area contributed by atoms with Crippen LogP contribution in [-0.2, 0) is 13.1 Å². The summed E-state index contributed by atoms with van der Waals surface area (Å²) in [6.07, 6.45) is 0.513. The minimum atomic E-state index is -0.259. The van der Waals surface area contributed by atoms with E-state index in [1.54, 1.807) is 6.92 Å². The van der Waals surface area contributed by atoms with Crippen LogP contribution in [0.4, 0.5) is 0 Å². The smallest absolute Gasteiger partial charge is 0.0860 e. The van der Waals surface area contributed by atoms with E-state index in [9.17, 15) is 5.11 Å². The van der Waals surface area contributed by atoms with Gasteiger partial charge in [-0.2, -0.15) is 5.10 Å². The van der Waals surface area contributed by atoms with Crippen LogP contribution in [0, 0.1) is 6.92 Å². The Morgan fingerprint density at radius 2 is 2.18 bits per heavy atom. The molecule has 1 unspecified atom stereocenters. The molecule has 0 saturated heterocycles. The van der Waals surface area contributed by atoms with Gasteiger partial charge >= 0.3 is 0 Å². The molecule has 1 aromatic rings. The maximum atomic E-state index is 9.26. The molecule has 0 aromatic carbocycles. The Morgan fingerprint density at radius 1 is 1.53 bits per heavy atom. The van der Waals surface area contributed by atoms with Gasteiger partial charge in [0.25, 0.3) is 0 Å². The van der Waals surface area contributed by atoms with Gasteiger partial charge in [0.2, 0.25) is 0 Å². The van der Waals surface area contributed by atoms with Gasteiger partial charge in [0, 0.05) is 19.6 Å². The van der Waals surface area contributed by atoms with Crippen molar-refractivity contribution in [1.82, 2.24) is 14.7 Å². The van der Waals surface area contributed by atoms with Gasteiger partial charge < -0.3 is 10.0 Å². The molecule has 1 heterocycles. The summed E-state index contributed by atoms with van der Waals surface area (Å²) in [5.74, 6) is 0. The third-order valence-electron chi connectivity index (χ3n) is 2.80. The summed E-state index contributed by atoms with van der Waals surface area (Å²) in [6.45, 7) is 8.23. The van der Waals surface area contributed by atoms with Crippen LogP contribution < -0.4 is 0 Å². The molecule has 1 atom stereocenters. The van der Waals surface area contributed by atoms with E-state index in [1.807, 2.05) is 18.7 Å². The number of rotatable bonds is 6. The van der Waals surface area contributed by atoms with Gasteiger partial charge in [0.15, 0.2) is 0 Å². The average Bonchev–Trinajstić information content (AvgIpc) is 2.54. The molecule has 1 N–H and O–H groups in total. The number of aromatic nitrogens is 2. The van der Waals surface area contributed by atoms with Crippen LogP contribution >= 0.6 is 11.6 Å². The number of hydrogen-bond acceptors (Lipinski definition) is 3. The highest BCUT2D eigenvalue weighted by atomic mass is 35.5. The zero-order valence-electron chi connectivity index (χ0n) is 11.1. The highest BCUT2D eigenvalue weighted by Gasteiger charge is 2.14. The summed E-state index contributed by atoms with van der Waals surface area (Å²) in [7, 11) is 2.03. The Balaban J connectivity index is 2.67. The monoisotopic (exact) mass is 259 g/mol. The maximum Gasteiger partial charge on any atom is 0.0860 e. The van der Waals surface area contributed by atoms with Crippen molar-refractivity contribution in [3.8, 4) is 0 Å². The van der Waals surface area contributed by atoms with Crippen molar-refractivity contribution >= 4 is 11.6 Å². The highest BCUT2D eigenvalue weighted by molar-refractivity contribution is 6.31. The SMILES string of the molecule is CCn1nc(C)c(Cl)c1CN(C)CCC(C)O. The molecule has 4 nitrogen and oxygen atoms in total. The van der Waals surface area contributed by atoms with Crippen LogP contribution in [0.5, 0.6) is 0 Å². The molecular weight excluding hydrogens is 238 g/mol. The third kappa shape index (κ3) is 3.98. The van der Waals surface area contributed by atoms with Crippen LogP contribution in [0.1, 0.15) is 31.7 Å². The summed E-state index contributed by atoms with van der Waals surface area (Å²) in [5, 5.41) is 14.4. The molecule has 5 heteroatoms. The van der Waals surface area contributed by atoms with E-state index in [1.165, 1.54) is 0 Å². The fourth-order valence-corrected chi connectivity index (χ4v) is 1.96. The lowest BCUT2D eigenvalue weighted by Gasteiger charge is -2.18. The fraction of sp³-hybridized carbons (Fsp3) is 0.750. The van der Waals surface area contributed by atoms with Crippen molar-refractivity contribution in [3.05, 3.63) is 16.4 Å². The van der Waals surface area contributed by atoms with Gasteiger partial charge in [0.1, 0.15) is 0 Å². The van der Waals surface area contributed by atoms with E-state index in [4.69, 9.17) is 11.6 Å². The number of aliphatic hydroxyl groups is 1. The molecule has 0 fully saturated rings. The van der Waals surface area contributed by atoms with Crippen LogP contribution in [-0.4, -0.2) is 39.5 Å². The number of nitrogens with zero attached hydrogens (tertiary/aromatic N) is 3. The second-order valence-corrected chi connectivity index (χ2v) is 4.92. The summed E-state index contributed by atoms with van der Waals surface area (Å²) in [5.41, 5.74) is 1.94. The van der Waals surface area contributed by atoms with Gasteiger partial charge in [0.05, 0.1) is 22.5 Å². The number of hydrogen-bond donors (Lipinski definition) is 1. The zero-order chi connectivity index (χ0) is 13.0. The van der Waals surface area contributed by atoms with Crippen molar-refractivity contribution < 1.29 is 5.11 Å². The molecule has 0 spiro atoms. The van der Waals surface area contributed by atoms with Crippen LogP contribution in [0.15, 0.2) is 0 Å².